The molecule has 0 unspecified atom stereocenters. The molecule has 0 radical (unpaired) electrons. The highest BCUT2D eigenvalue weighted by Gasteiger charge is 2.18. The van der Waals surface area contributed by atoms with Gasteiger partial charge in [-0.25, -0.2) is 4.98 Å². The van der Waals surface area contributed by atoms with Crippen molar-refractivity contribution in [1.29, 1.82) is 0 Å². The van der Waals surface area contributed by atoms with Gasteiger partial charge >= 0.3 is 0 Å². The van der Waals surface area contributed by atoms with Gasteiger partial charge in [0, 0.05) is 30.1 Å². The van der Waals surface area contributed by atoms with Crippen LogP contribution < -0.4 is 15.6 Å². The summed E-state index contributed by atoms with van der Waals surface area (Å²) in [5.41, 5.74) is 2.63. The third kappa shape index (κ3) is 5.13. The van der Waals surface area contributed by atoms with Crippen molar-refractivity contribution in [2.75, 3.05) is 13.2 Å². The maximum atomic E-state index is 12.2. The van der Waals surface area contributed by atoms with E-state index in [2.05, 4.69) is 10.3 Å². The van der Waals surface area contributed by atoms with E-state index in [1.807, 2.05) is 13.8 Å². The summed E-state index contributed by atoms with van der Waals surface area (Å²) in [7, 11) is 0. The van der Waals surface area contributed by atoms with Gasteiger partial charge in [-0.05, 0) is 49.9 Å². The highest BCUT2D eigenvalue weighted by Crippen LogP contribution is 2.32. The minimum absolute atomic E-state index is 0.0745. The molecule has 1 aromatic carbocycles. The standard InChI is InChI=1S/C21H26ClN3O3/c1-14-9-17(10-15(2)21(14)22)28-12-19(26)23-7-8-25-13-24-18(11-20(25)27)16-5-3-4-6-16/h9-11,13,16H,3-8,12H2,1-2H3,(H,23,26). The Hall–Kier alpha value is -2.34. The molecule has 6 nitrogen and oxygen atoms in total. The third-order valence-electron chi connectivity index (χ3n) is 5.13. The second-order valence-electron chi connectivity index (χ2n) is 7.34. The number of nitrogens with zero attached hydrogens (tertiary/aromatic N) is 2. The van der Waals surface area contributed by atoms with Crippen LogP contribution in [-0.4, -0.2) is 28.6 Å². The third-order valence-corrected chi connectivity index (χ3v) is 5.73. The molecule has 0 atom stereocenters. The normalized spacial score (nSPS) is 14.2. The van der Waals surface area contributed by atoms with E-state index in [9.17, 15) is 9.59 Å². The number of amides is 1. The van der Waals surface area contributed by atoms with Gasteiger partial charge in [0.1, 0.15) is 5.75 Å². The van der Waals surface area contributed by atoms with Crippen molar-refractivity contribution in [3.8, 4) is 5.75 Å². The van der Waals surface area contributed by atoms with Gasteiger partial charge in [-0.15, -0.1) is 0 Å². The molecular weight excluding hydrogens is 378 g/mol. The van der Waals surface area contributed by atoms with E-state index >= 15 is 0 Å². The quantitative estimate of drug-likeness (QED) is 0.769. The van der Waals surface area contributed by atoms with E-state index in [0.717, 1.165) is 29.7 Å². The van der Waals surface area contributed by atoms with E-state index in [0.29, 0.717) is 29.8 Å². The first kappa shape index (κ1) is 20.4. The molecule has 1 N–H and O–H groups in total. The maximum Gasteiger partial charge on any atom is 0.258 e. The number of hydrogen-bond donors (Lipinski definition) is 1. The van der Waals surface area contributed by atoms with Gasteiger partial charge in [-0.3, -0.25) is 14.2 Å². The zero-order valence-corrected chi connectivity index (χ0v) is 17.1. The highest BCUT2D eigenvalue weighted by molar-refractivity contribution is 6.32. The van der Waals surface area contributed by atoms with Crippen molar-refractivity contribution in [2.24, 2.45) is 0 Å². The number of nitrogens with one attached hydrogen (secondary N) is 1. The Balaban J connectivity index is 1.45. The summed E-state index contributed by atoms with van der Waals surface area (Å²) in [6.45, 7) is 4.42. The second-order valence-corrected chi connectivity index (χ2v) is 7.71. The Kier molecular flexibility index (Phi) is 6.73. The predicted octanol–water partition coefficient (Wildman–Crippen LogP) is 3.37. The largest absolute Gasteiger partial charge is 0.484 e. The summed E-state index contributed by atoms with van der Waals surface area (Å²) in [5.74, 6) is 0.783. The van der Waals surface area contributed by atoms with Crippen molar-refractivity contribution >= 4 is 17.5 Å². The molecule has 150 valence electrons. The lowest BCUT2D eigenvalue weighted by Gasteiger charge is -2.12. The highest BCUT2D eigenvalue weighted by atomic mass is 35.5. The summed E-state index contributed by atoms with van der Waals surface area (Å²) in [6.07, 6.45) is 6.22. The molecule has 7 heteroatoms. The topological polar surface area (TPSA) is 73.2 Å². The van der Waals surface area contributed by atoms with E-state index in [1.165, 1.54) is 17.4 Å². The van der Waals surface area contributed by atoms with Gasteiger partial charge in [0.15, 0.2) is 6.61 Å². The lowest BCUT2D eigenvalue weighted by atomic mass is 10.0. The zero-order valence-electron chi connectivity index (χ0n) is 16.3. The van der Waals surface area contributed by atoms with Crippen molar-refractivity contribution in [3.05, 3.63) is 56.7 Å². The minimum atomic E-state index is -0.242. The number of aromatic nitrogens is 2. The molecule has 1 heterocycles. The van der Waals surface area contributed by atoms with Crippen LogP contribution in [0.5, 0.6) is 5.75 Å². The number of carbonyl (C=O) groups is 1. The fourth-order valence-electron chi connectivity index (χ4n) is 3.56. The predicted molar refractivity (Wildman–Crippen MR) is 109 cm³/mol. The van der Waals surface area contributed by atoms with Gasteiger partial charge in [0.05, 0.1) is 12.0 Å². The molecule has 1 saturated carbocycles. The number of rotatable bonds is 7. The van der Waals surface area contributed by atoms with E-state index in [1.54, 1.807) is 24.5 Å². The number of carbonyl (C=O) groups excluding carboxylic acids is 1. The maximum absolute atomic E-state index is 12.2. The fourth-order valence-corrected chi connectivity index (χ4v) is 3.67. The van der Waals surface area contributed by atoms with Crippen LogP contribution in [0.2, 0.25) is 5.02 Å². The van der Waals surface area contributed by atoms with E-state index < -0.39 is 0 Å². The van der Waals surface area contributed by atoms with Crippen molar-refractivity contribution < 1.29 is 9.53 Å². The van der Waals surface area contributed by atoms with Gasteiger partial charge in [0.2, 0.25) is 0 Å². The molecule has 1 aromatic heterocycles. The van der Waals surface area contributed by atoms with Crippen molar-refractivity contribution in [3.63, 3.8) is 0 Å². The molecule has 1 aliphatic carbocycles. The molecule has 1 fully saturated rings. The molecule has 0 saturated heterocycles. The Bertz CT molecular complexity index is 881. The van der Waals surface area contributed by atoms with Crippen LogP contribution in [0.3, 0.4) is 0 Å². The van der Waals surface area contributed by atoms with Gasteiger partial charge in [0.25, 0.3) is 11.5 Å². The summed E-state index contributed by atoms with van der Waals surface area (Å²) < 4.78 is 7.05. The molecule has 2 aromatic rings. The fraction of sp³-hybridized carbons (Fsp3) is 0.476. The van der Waals surface area contributed by atoms with Crippen LogP contribution in [-0.2, 0) is 11.3 Å². The minimum Gasteiger partial charge on any atom is -0.484 e. The molecule has 0 spiro atoms. The molecule has 3 rings (SSSR count). The van der Waals surface area contributed by atoms with Crippen LogP contribution in [0, 0.1) is 13.8 Å². The zero-order chi connectivity index (χ0) is 20.1. The second kappa shape index (κ2) is 9.24. The Morgan fingerprint density at radius 1 is 1.25 bits per heavy atom. The summed E-state index contributed by atoms with van der Waals surface area (Å²) in [6, 6.07) is 5.24. The van der Waals surface area contributed by atoms with E-state index in [4.69, 9.17) is 16.3 Å². The number of aryl methyl sites for hydroxylation is 2. The summed E-state index contributed by atoms with van der Waals surface area (Å²) in [5, 5.41) is 3.46. The molecule has 1 amide bonds. The SMILES string of the molecule is Cc1cc(OCC(=O)NCCn2cnc(C3CCCC3)cc2=O)cc(C)c1Cl. The van der Waals surface area contributed by atoms with E-state index in [-0.39, 0.29) is 18.1 Å². The first-order chi connectivity index (χ1) is 13.4. The Morgan fingerprint density at radius 2 is 1.93 bits per heavy atom. The number of ether oxygens (including phenoxy) is 1. The van der Waals surface area contributed by atoms with Gasteiger partial charge < -0.3 is 10.1 Å². The van der Waals surface area contributed by atoms with Crippen LogP contribution >= 0.6 is 11.6 Å². The molecular formula is C21H26ClN3O3. The van der Waals surface area contributed by atoms with Gasteiger partial charge in [-0.2, -0.15) is 0 Å². The Morgan fingerprint density at radius 3 is 2.57 bits per heavy atom. The van der Waals surface area contributed by atoms with Gasteiger partial charge in [-0.1, -0.05) is 24.4 Å². The average Bonchev–Trinajstić information content (AvgIpc) is 3.20. The molecule has 0 bridgehead atoms. The smallest absolute Gasteiger partial charge is 0.258 e. The average molecular weight is 404 g/mol. The van der Waals surface area contributed by atoms with Crippen LogP contribution in [0.15, 0.2) is 29.3 Å². The number of benzene rings is 1. The first-order valence-electron chi connectivity index (χ1n) is 9.66. The monoisotopic (exact) mass is 403 g/mol. The van der Waals surface area contributed by atoms with Crippen molar-refractivity contribution in [1.82, 2.24) is 14.9 Å². The molecule has 0 aliphatic heterocycles. The molecule has 1 aliphatic rings. The van der Waals surface area contributed by atoms with Crippen LogP contribution in [0.1, 0.15) is 48.4 Å². The number of hydrogen-bond acceptors (Lipinski definition) is 4. The van der Waals surface area contributed by atoms with Crippen LogP contribution in [0.25, 0.3) is 0 Å². The summed E-state index contributed by atoms with van der Waals surface area (Å²) in [4.78, 5) is 28.7. The van der Waals surface area contributed by atoms with Crippen LogP contribution in [0.4, 0.5) is 0 Å². The lowest BCUT2D eigenvalue weighted by Crippen LogP contribution is -2.34. The Labute approximate surface area is 169 Å². The number of halogens is 1. The lowest BCUT2D eigenvalue weighted by molar-refractivity contribution is -0.123. The molecule has 28 heavy (non-hydrogen) atoms. The summed E-state index contributed by atoms with van der Waals surface area (Å²) >= 11 is 6.13. The first-order valence-corrected chi connectivity index (χ1v) is 10.0. The van der Waals surface area contributed by atoms with Crippen molar-refractivity contribution in [2.45, 2.75) is 52.0 Å².